The van der Waals surface area contributed by atoms with E-state index in [2.05, 4.69) is 30.3 Å². The molecule has 0 spiro atoms. The van der Waals surface area contributed by atoms with E-state index in [0.717, 1.165) is 37.7 Å². The van der Waals surface area contributed by atoms with Gasteiger partial charge in [0.05, 0.1) is 19.1 Å². The third-order valence-electron chi connectivity index (χ3n) is 3.12. The third-order valence-corrected chi connectivity index (χ3v) is 3.12. The van der Waals surface area contributed by atoms with Crippen LogP contribution in [0.4, 0.5) is 0 Å². The molecule has 19 heavy (non-hydrogen) atoms. The maximum Gasteiger partial charge on any atom is 0.118 e. The van der Waals surface area contributed by atoms with Gasteiger partial charge in [-0.1, -0.05) is 6.92 Å². The zero-order valence-electron chi connectivity index (χ0n) is 11.9. The van der Waals surface area contributed by atoms with Crippen molar-refractivity contribution in [3.63, 3.8) is 0 Å². The molecule has 2 aromatic heterocycles. The first-order valence-electron chi connectivity index (χ1n) is 6.67. The zero-order chi connectivity index (χ0) is 13.7. The number of furan rings is 2. The van der Waals surface area contributed by atoms with Gasteiger partial charge in [0, 0.05) is 24.2 Å². The van der Waals surface area contributed by atoms with Gasteiger partial charge in [0.2, 0.25) is 0 Å². The second kappa shape index (κ2) is 6.59. The van der Waals surface area contributed by atoms with E-state index in [-0.39, 0.29) is 0 Å². The van der Waals surface area contributed by atoms with E-state index < -0.39 is 0 Å². The van der Waals surface area contributed by atoms with E-state index in [4.69, 9.17) is 8.83 Å². The van der Waals surface area contributed by atoms with Crippen LogP contribution in [0.1, 0.15) is 29.6 Å². The molecule has 0 radical (unpaired) electrons. The first kappa shape index (κ1) is 13.9. The smallest absolute Gasteiger partial charge is 0.118 e. The van der Waals surface area contributed by atoms with Crippen molar-refractivity contribution in [3.8, 4) is 0 Å². The predicted octanol–water partition coefficient (Wildman–Crippen LogP) is 2.92. The van der Waals surface area contributed by atoms with Crippen LogP contribution in [0.25, 0.3) is 0 Å². The Kier molecular flexibility index (Phi) is 4.82. The predicted molar refractivity (Wildman–Crippen MR) is 74.7 cm³/mol. The maximum atomic E-state index is 5.58. The van der Waals surface area contributed by atoms with Crippen molar-refractivity contribution >= 4 is 0 Å². The summed E-state index contributed by atoms with van der Waals surface area (Å²) < 4.78 is 10.9. The highest BCUT2D eigenvalue weighted by molar-refractivity contribution is 5.16. The van der Waals surface area contributed by atoms with Gasteiger partial charge in [-0.2, -0.15) is 0 Å². The van der Waals surface area contributed by atoms with Crippen LogP contribution in [-0.4, -0.2) is 18.5 Å². The first-order valence-corrected chi connectivity index (χ1v) is 6.67. The topological polar surface area (TPSA) is 41.6 Å². The van der Waals surface area contributed by atoms with Gasteiger partial charge in [0.1, 0.15) is 11.5 Å². The van der Waals surface area contributed by atoms with E-state index in [0.29, 0.717) is 0 Å². The minimum absolute atomic E-state index is 0.802. The fourth-order valence-corrected chi connectivity index (χ4v) is 2.06. The summed E-state index contributed by atoms with van der Waals surface area (Å²) in [4.78, 5) is 2.22. The number of rotatable bonds is 7. The molecule has 0 amide bonds. The molecule has 4 nitrogen and oxygen atoms in total. The van der Waals surface area contributed by atoms with Gasteiger partial charge in [-0.15, -0.1) is 0 Å². The molecular weight excluding hydrogens is 240 g/mol. The third kappa shape index (κ3) is 3.98. The van der Waals surface area contributed by atoms with E-state index in [1.165, 1.54) is 11.1 Å². The fourth-order valence-electron chi connectivity index (χ4n) is 2.06. The van der Waals surface area contributed by atoms with Crippen LogP contribution in [0.3, 0.4) is 0 Å². The van der Waals surface area contributed by atoms with Gasteiger partial charge in [-0.3, -0.25) is 4.90 Å². The first-order chi connectivity index (χ1) is 9.19. The number of hydrogen-bond donors (Lipinski definition) is 1. The maximum absolute atomic E-state index is 5.58. The highest BCUT2D eigenvalue weighted by Crippen LogP contribution is 2.14. The lowest BCUT2D eigenvalue weighted by molar-refractivity contribution is 0.286. The molecule has 4 heteroatoms. The van der Waals surface area contributed by atoms with E-state index >= 15 is 0 Å². The fraction of sp³-hybridized carbons (Fsp3) is 0.467. The summed E-state index contributed by atoms with van der Waals surface area (Å²) in [6.45, 7) is 7.60. The highest BCUT2D eigenvalue weighted by Gasteiger charge is 2.08. The Morgan fingerprint density at radius 3 is 2.79 bits per heavy atom. The normalized spacial score (nSPS) is 11.4. The van der Waals surface area contributed by atoms with E-state index in [9.17, 15) is 0 Å². The van der Waals surface area contributed by atoms with Crippen molar-refractivity contribution in [3.05, 3.63) is 47.3 Å². The standard InChI is InChI=1S/C15H22N2O2/c1-4-16-8-13-7-15(19-11-13)10-17(3)9-14-5-6-18-12(14)2/h5-7,11,16H,4,8-10H2,1-3H3. The van der Waals surface area contributed by atoms with Gasteiger partial charge in [0.25, 0.3) is 0 Å². The Hall–Kier alpha value is -1.52. The van der Waals surface area contributed by atoms with Crippen LogP contribution in [-0.2, 0) is 19.6 Å². The summed E-state index contributed by atoms with van der Waals surface area (Å²) >= 11 is 0. The van der Waals surface area contributed by atoms with Crippen molar-refractivity contribution in [1.29, 1.82) is 0 Å². The Balaban J connectivity index is 1.86. The van der Waals surface area contributed by atoms with Crippen LogP contribution in [0.2, 0.25) is 0 Å². The largest absolute Gasteiger partial charge is 0.469 e. The van der Waals surface area contributed by atoms with Crippen molar-refractivity contribution in [2.45, 2.75) is 33.5 Å². The molecule has 0 atom stereocenters. The molecule has 104 valence electrons. The number of hydrogen-bond acceptors (Lipinski definition) is 4. The summed E-state index contributed by atoms with van der Waals surface area (Å²) in [7, 11) is 2.08. The molecule has 1 N–H and O–H groups in total. The van der Waals surface area contributed by atoms with Crippen molar-refractivity contribution < 1.29 is 8.83 Å². The van der Waals surface area contributed by atoms with Crippen LogP contribution < -0.4 is 5.32 Å². The molecule has 0 aliphatic heterocycles. The molecular formula is C15H22N2O2. The summed E-state index contributed by atoms with van der Waals surface area (Å²) in [5, 5.41) is 3.29. The van der Waals surface area contributed by atoms with Crippen molar-refractivity contribution in [2.24, 2.45) is 0 Å². The lowest BCUT2D eigenvalue weighted by Crippen LogP contribution is -2.17. The SMILES string of the molecule is CCNCc1coc(CN(C)Cc2ccoc2C)c1. The summed E-state index contributed by atoms with van der Waals surface area (Å²) in [6, 6.07) is 4.13. The Labute approximate surface area is 114 Å². The average Bonchev–Trinajstić information content (AvgIpc) is 2.97. The van der Waals surface area contributed by atoms with Crippen LogP contribution in [0, 0.1) is 6.92 Å². The number of aryl methyl sites for hydroxylation is 1. The minimum Gasteiger partial charge on any atom is -0.469 e. The molecule has 0 saturated heterocycles. The summed E-state index contributed by atoms with van der Waals surface area (Å²) in [5.41, 5.74) is 2.42. The Bertz CT molecular complexity index is 502. The lowest BCUT2D eigenvalue weighted by Gasteiger charge is -2.14. The molecule has 2 rings (SSSR count). The van der Waals surface area contributed by atoms with Crippen molar-refractivity contribution in [2.75, 3.05) is 13.6 Å². The quantitative estimate of drug-likeness (QED) is 0.833. The van der Waals surface area contributed by atoms with E-state index in [1.54, 1.807) is 6.26 Å². The second-order valence-corrected chi connectivity index (χ2v) is 4.88. The minimum atomic E-state index is 0.802. The molecule has 0 saturated carbocycles. The Morgan fingerprint density at radius 2 is 2.11 bits per heavy atom. The number of nitrogens with zero attached hydrogens (tertiary/aromatic N) is 1. The molecule has 0 aromatic carbocycles. The summed E-state index contributed by atoms with van der Waals surface area (Å²) in [6.07, 6.45) is 3.56. The lowest BCUT2D eigenvalue weighted by atomic mass is 10.2. The van der Waals surface area contributed by atoms with Crippen LogP contribution in [0.5, 0.6) is 0 Å². The molecule has 0 fully saturated rings. The molecule has 0 aliphatic carbocycles. The molecule has 0 bridgehead atoms. The Morgan fingerprint density at radius 1 is 1.26 bits per heavy atom. The van der Waals surface area contributed by atoms with Crippen molar-refractivity contribution in [1.82, 2.24) is 10.2 Å². The van der Waals surface area contributed by atoms with Gasteiger partial charge in [0.15, 0.2) is 0 Å². The van der Waals surface area contributed by atoms with Gasteiger partial charge >= 0.3 is 0 Å². The monoisotopic (exact) mass is 262 g/mol. The van der Waals surface area contributed by atoms with Crippen LogP contribution in [0.15, 0.2) is 33.5 Å². The number of nitrogens with one attached hydrogen (secondary N) is 1. The highest BCUT2D eigenvalue weighted by atomic mass is 16.3. The van der Waals surface area contributed by atoms with E-state index in [1.807, 2.05) is 19.3 Å². The average molecular weight is 262 g/mol. The molecule has 0 unspecified atom stereocenters. The van der Waals surface area contributed by atoms with Gasteiger partial charge in [-0.05, 0) is 32.6 Å². The van der Waals surface area contributed by atoms with Crippen LogP contribution >= 0.6 is 0 Å². The molecule has 0 aliphatic rings. The summed E-state index contributed by atoms with van der Waals surface area (Å²) in [5.74, 6) is 1.98. The zero-order valence-corrected chi connectivity index (χ0v) is 11.9. The molecule has 2 heterocycles. The van der Waals surface area contributed by atoms with Gasteiger partial charge < -0.3 is 14.2 Å². The molecule has 2 aromatic rings. The second-order valence-electron chi connectivity index (χ2n) is 4.88. The van der Waals surface area contributed by atoms with Gasteiger partial charge in [-0.25, -0.2) is 0 Å².